The van der Waals surface area contributed by atoms with Gasteiger partial charge in [0.1, 0.15) is 5.56 Å². The molecule has 1 aliphatic rings. The zero-order valence-corrected chi connectivity index (χ0v) is 19.2. The van der Waals surface area contributed by atoms with E-state index in [4.69, 9.17) is 0 Å². The van der Waals surface area contributed by atoms with E-state index in [1.165, 1.54) is 25.4 Å². The van der Waals surface area contributed by atoms with Gasteiger partial charge in [-0.3, -0.25) is 4.90 Å². The maximum Gasteiger partial charge on any atom is 0.419 e. The van der Waals surface area contributed by atoms with Gasteiger partial charge in [0.2, 0.25) is 5.95 Å². The molecule has 1 saturated heterocycles. The van der Waals surface area contributed by atoms with E-state index >= 15 is 0 Å². The molecule has 0 radical (unpaired) electrons. The van der Waals surface area contributed by atoms with Crippen molar-refractivity contribution < 1.29 is 36.2 Å². The van der Waals surface area contributed by atoms with Crippen LogP contribution in [0.2, 0.25) is 0 Å². The molecule has 194 valence electrons. The number of methoxy groups -OCH3 is 1. The number of amides is 1. The van der Waals surface area contributed by atoms with Crippen molar-refractivity contribution in [1.82, 2.24) is 20.3 Å². The zero-order chi connectivity index (χ0) is 26.0. The Labute approximate surface area is 202 Å². The number of aromatic amines is 1. The maximum atomic E-state index is 13.9. The Balaban J connectivity index is 1.85. The van der Waals surface area contributed by atoms with E-state index < -0.39 is 35.9 Å². The molecule has 4 rings (SSSR count). The third-order valence-corrected chi connectivity index (χ3v) is 5.78. The number of carbonyl (C=O) groups is 1. The highest BCUT2D eigenvalue weighted by molar-refractivity contribution is 6.03. The van der Waals surface area contributed by atoms with Crippen molar-refractivity contribution in [2.75, 3.05) is 37.5 Å². The third-order valence-electron chi connectivity index (χ3n) is 5.78. The first kappa shape index (κ1) is 25.4. The number of H-pyrrole nitrogens is 1. The van der Waals surface area contributed by atoms with Gasteiger partial charge in [-0.25, -0.2) is 14.8 Å². The maximum absolute atomic E-state index is 13.9. The number of nitrogens with zero attached hydrogens (tertiary/aromatic N) is 3. The van der Waals surface area contributed by atoms with E-state index in [-0.39, 0.29) is 34.1 Å². The van der Waals surface area contributed by atoms with Crippen LogP contribution in [0.1, 0.15) is 18.4 Å². The number of hydrogen-bond donors (Lipinski definition) is 3. The lowest BCUT2D eigenvalue weighted by atomic mass is 10.0. The minimum Gasteiger partial charge on any atom is -0.452 e. The van der Waals surface area contributed by atoms with Crippen molar-refractivity contribution in [2.24, 2.45) is 0 Å². The predicted molar refractivity (Wildman–Crippen MR) is 121 cm³/mol. The molecule has 3 N–H and O–H groups in total. The molecule has 0 spiro atoms. The minimum atomic E-state index is -4.78. The van der Waals surface area contributed by atoms with Crippen molar-refractivity contribution in [3.05, 3.63) is 30.1 Å². The van der Waals surface area contributed by atoms with Gasteiger partial charge in [0.15, 0.2) is 5.75 Å². The summed E-state index contributed by atoms with van der Waals surface area (Å²) < 4.78 is 77.4. The number of anilines is 2. The highest BCUT2D eigenvalue weighted by Crippen LogP contribution is 2.43. The molecule has 1 aromatic carbocycles. The number of fused-ring (bicyclic) bond motifs is 1. The Morgan fingerprint density at radius 3 is 2.72 bits per heavy atom. The monoisotopic (exact) mass is 514 g/mol. The first-order valence-electron chi connectivity index (χ1n) is 10.9. The summed E-state index contributed by atoms with van der Waals surface area (Å²) in [7, 11) is 2.39. The van der Waals surface area contributed by atoms with Gasteiger partial charge < -0.3 is 25.1 Å². The Morgan fingerprint density at radius 1 is 1.31 bits per heavy atom. The van der Waals surface area contributed by atoms with Gasteiger partial charge in [0, 0.05) is 43.0 Å². The lowest BCUT2D eigenvalue weighted by Crippen LogP contribution is -2.38. The molecular formula is C22H23F5N6O3. The van der Waals surface area contributed by atoms with Crippen LogP contribution in [0.15, 0.2) is 24.5 Å². The Hall–Kier alpha value is -3.68. The second-order valence-electron chi connectivity index (χ2n) is 8.09. The molecule has 0 aliphatic carbocycles. The number of aromatic nitrogens is 3. The van der Waals surface area contributed by atoms with Crippen LogP contribution in [0.25, 0.3) is 22.2 Å². The number of nitrogens with one attached hydrogen (secondary N) is 3. The number of piperidine rings is 1. The van der Waals surface area contributed by atoms with Crippen LogP contribution in [0, 0.1) is 0 Å². The summed E-state index contributed by atoms with van der Waals surface area (Å²) in [6, 6.07) is 2.60. The highest BCUT2D eigenvalue weighted by Gasteiger charge is 2.36. The fourth-order valence-electron chi connectivity index (χ4n) is 4.09. The molecule has 2 aromatic heterocycles. The smallest absolute Gasteiger partial charge is 0.419 e. The average Bonchev–Trinajstić information content (AvgIpc) is 3.27. The summed E-state index contributed by atoms with van der Waals surface area (Å²) in [5.74, 6) is -0.428. The lowest BCUT2D eigenvalue weighted by molar-refractivity contribution is -0.137. The fraction of sp³-hybridized carbons (Fsp3) is 0.409. The van der Waals surface area contributed by atoms with Crippen LogP contribution in [0.5, 0.6) is 5.75 Å². The summed E-state index contributed by atoms with van der Waals surface area (Å²) >= 11 is 0. The fourth-order valence-corrected chi connectivity index (χ4v) is 4.09. The van der Waals surface area contributed by atoms with Crippen LogP contribution in [0.4, 0.5) is 38.4 Å². The van der Waals surface area contributed by atoms with Gasteiger partial charge in [0.25, 0.3) is 0 Å². The van der Waals surface area contributed by atoms with Crippen LogP contribution >= 0.6 is 0 Å². The number of hydrogen-bond acceptors (Lipinski definition) is 7. The van der Waals surface area contributed by atoms with Crippen molar-refractivity contribution in [2.45, 2.75) is 31.7 Å². The standard InChI is InChI=1S/C22H23F5N6O3/c1-33(21(34)35-2)15-6-5-12-13(9-29-17(12)18(15)36-19(23)24)16-14(22(25,26)27)10-30-20(32-16)31-11-4-3-7-28-8-11/h5-6,9-11,19,28-29H,3-4,7-8H2,1-2H3,(H,30,31,32). The molecule has 1 amide bonds. The first-order chi connectivity index (χ1) is 17.1. The van der Waals surface area contributed by atoms with Crippen LogP contribution < -0.4 is 20.3 Å². The van der Waals surface area contributed by atoms with Gasteiger partial charge in [-0.2, -0.15) is 22.0 Å². The topological polar surface area (TPSA) is 104 Å². The number of rotatable bonds is 6. The first-order valence-corrected chi connectivity index (χ1v) is 10.9. The molecule has 1 unspecified atom stereocenters. The van der Waals surface area contributed by atoms with Gasteiger partial charge >= 0.3 is 18.9 Å². The molecule has 0 saturated carbocycles. The van der Waals surface area contributed by atoms with Crippen LogP contribution in [-0.2, 0) is 10.9 Å². The minimum absolute atomic E-state index is 0.00377. The normalized spacial score (nSPS) is 16.3. The van der Waals surface area contributed by atoms with Gasteiger partial charge in [-0.1, -0.05) is 0 Å². The molecule has 14 heteroatoms. The molecule has 3 heterocycles. The lowest BCUT2D eigenvalue weighted by Gasteiger charge is -2.24. The Bertz CT molecular complexity index is 1240. The molecular weight excluding hydrogens is 491 g/mol. The van der Waals surface area contributed by atoms with E-state index in [9.17, 15) is 26.7 Å². The zero-order valence-electron chi connectivity index (χ0n) is 19.2. The Kier molecular flexibility index (Phi) is 7.15. The van der Waals surface area contributed by atoms with Gasteiger partial charge in [0.05, 0.1) is 24.0 Å². The van der Waals surface area contributed by atoms with Crippen molar-refractivity contribution >= 4 is 28.6 Å². The van der Waals surface area contributed by atoms with Gasteiger partial charge in [-0.15, -0.1) is 0 Å². The largest absolute Gasteiger partial charge is 0.452 e. The molecule has 3 aromatic rings. The van der Waals surface area contributed by atoms with E-state index in [0.29, 0.717) is 12.7 Å². The van der Waals surface area contributed by atoms with Crippen LogP contribution in [-0.4, -0.2) is 60.9 Å². The number of halogens is 5. The summed E-state index contributed by atoms with van der Waals surface area (Å²) in [4.78, 5) is 23.6. The summed E-state index contributed by atoms with van der Waals surface area (Å²) in [5.41, 5.74) is -1.66. The van der Waals surface area contributed by atoms with Crippen molar-refractivity contribution in [1.29, 1.82) is 0 Å². The molecule has 36 heavy (non-hydrogen) atoms. The second kappa shape index (κ2) is 10.1. The van der Waals surface area contributed by atoms with E-state index in [0.717, 1.165) is 31.4 Å². The predicted octanol–water partition coefficient (Wildman–Crippen LogP) is 4.61. The quantitative estimate of drug-likeness (QED) is 0.413. The molecule has 9 nitrogen and oxygen atoms in total. The Morgan fingerprint density at radius 2 is 2.08 bits per heavy atom. The molecule has 0 bridgehead atoms. The number of alkyl halides is 5. The SMILES string of the molecule is COC(=O)N(C)c1ccc2c(-c3nc(NC4CCCNC4)ncc3C(F)(F)F)c[nH]c2c1OC(F)F. The van der Waals surface area contributed by atoms with Crippen molar-refractivity contribution in [3.8, 4) is 17.0 Å². The highest BCUT2D eigenvalue weighted by atomic mass is 19.4. The number of benzene rings is 1. The van der Waals surface area contributed by atoms with E-state index in [1.54, 1.807) is 0 Å². The van der Waals surface area contributed by atoms with E-state index in [1.807, 2.05) is 0 Å². The number of ether oxygens (including phenoxy) is 2. The second-order valence-corrected chi connectivity index (χ2v) is 8.09. The third kappa shape index (κ3) is 5.12. The summed E-state index contributed by atoms with van der Waals surface area (Å²) in [6.45, 7) is -1.81. The molecule has 1 atom stereocenters. The van der Waals surface area contributed by atoms with Crippen molar-refractivity contribution in [3.63, 3.8) is 0 Å². The summed E-state index contributed by atoms with van der Waals surface area (Å²) in [5, 5.41) is 6.36. The molecule has 1 fully saturated rings. The van der Waals surface area contributed by atoms with Gasteiger partial charge in [-0.05, 0) is 31.5 Å². The molecule has 1 aliphatic heterocycles. The number of carbonyl (C=O) groups excluding carboxylic acids is 1. The average molecular weight is 514 g/mol. The van der Waals surface area contributed by atoms with Crippen LogP contribution in [0.3, 0.4) is 0 Å². The summed E-state index contributed by atoms with van der Waals surface area (Å²) in [6.07, 6.45) is -2.04. The van der Waals surface area contributed by atoms with E-state index in [2.05, 4.69) is 35.1 Å².